The zero-order valence-electron chi connectivity index (χ0n) is 17.9. The van der Waals surface area contributed by atoms with Gasteiger partial charge in [-0.3, -0.25) is 19.9 Å². The molecule has 1 aliphatic carbocycles. The maximum Gasteiger partial charge on any atom is 0.269 e. The third-order valence-electron chi connectivity index (χ3n) is 5.13. The average Bonchev–Trinajstić information content (AvgIpc) is 3.19. The number of aliphatic imine (C=N–C) groups is 1. The lowest BCUT2D eigenvalue weighted by molar-refractivity contribution is -0.384. The number of nitrogens with zero attached hydrogens (tertiary/aromatic N) is 3. The molecular weight excluding hydrogens is 499 g/mol. The van der Waals surface area contributed by atoms with E-state index in [1.54, 1.807) is 31.1 Å². The number of rotatable bonds is 9. The minimum Gasteiger partial charge on any atom is -0.383 e. The Bertz CT molecular complexity index is 718. The van der Waals surface area contributed by atoms with E-state index in [4.69, 9.17) is 4.99 Å². The monoisotopic (exact) mass is 532 g/mol. The minimum atomic E-state index is -0.414. The fourth-order valence-electron chi connectivity index (χ4n) is 3.63. The maximum absolute atomic E-state index is 12.7. The van der Waals surface area contributed by atoms with Crippen molar-refractivity contribution in [2.45, 2.75) is 32.6 Å². The highest BCUT2D eigenvalue weighted by Crippen LogP contribution is 2.39. The van der Waals surface area contributed by atoms with Gasteiger partial charge in [0.05, 0.1) is 16.9 Å². The second-order valence-electron chi connectivity index (χ2n) is 7.54. The van der Waals surface area contributed by atoms with Crippen molar-refractivity contribution in [2.75, 3.05) is 45.6 Å². The van der Waals surface area contributed by atoms with Crippen LogP contribution >= 0.6 is 24.0 Å². The van der Waals surface area contributed by atoms with Crippen molar-refractivity contribution in [2.24, 2.45) is 10.4 Å². The summed E-state index contributed by atoms with van der Waals surface area (Å²) in [5.41, 5.74) is 0.507. The summed E-state index contributed by atoms with van der Waals surface area (Å²) in [4.78, 5) is 29.3. The van der Waals surface area contributed by atoms with Crippen molar-refractivity contribution < 1.29 is 9.72 Å². The van der Waals surface area contributed by atoms with Gasteiger partial charge in [-0.05, 0) is 31.9 Å². The summed E-state index contributed by atoms with van der Waals surface area (Å²) in [7, 11) is 3.61. The van der Waals surface area contributed by atoms with Crippen LogP contribution in [-0.4, -0.2) is 62.0 Å². The molecule has 0 aromatic heterocycles. The first-order valence-corrected chi connectivity index (χ1v) is 10.1. The van der Waals surface area contributed by atoms with Gasteiger partial charge in [0.1, 0.15) is 0 Å². The minimum absolute atomic E-state index is 0. The number of nitro groups is 1. The summed E-state index contributed by atoms with van der Waals surface area (Å²) >= 11 is 0. The normalized spacial score (nSPS) is 15.1. The first-order chi connectivity index (χ1) is 13.9. The zero-order chi connectivity index (χ0) is 21.3. The van der Waals surface area contributed by atoms with Crippen LogP contribution in [0.1, 0.15) is 32.6 Å². The number of carbonyl (C=O) groups excluding carboxylic acids is 1. The van der Waals surface area contributed by atoms with E-state index in [0.717, 1.165) is 37.9 Å². The fraction of sp³-hybridized carbons (Fsp3) is 0.600. The summed E-state index contributed by atoms with van der Waals surface area (Å²) in [6.07, 6.45) is 3.90. The van der Waals surface area contributed by atoms with Crippen LogP contribution in [-0.2, 0) is 4.79 Å². The van der Waals surface area contributed by atoms with Crippen LogP contribution < -0.4 is 16.0 Å². The van der Waals surface area contributed by atoms with Crippen LogP contribution in [0.15, 0.2) is 29.3 Å². The van der Waals surface area contributed by atoms with Gasteiger partial charge < -0.3 is 20.9 Å². The molecule has 30 heavy (non-hydrogen) atoms. The second kappa shape index (κ2) is 12.6. The van der Waals surface area contributed by atoms with Crippen LogP contribution in [0, 0.1) is 15.5 Å². The second-order valence-corrected chi connectivity index (χ2v) is 7.54. The van der Waals surface area contributed by atoms with Gasteiger partial charge in [-0.25, -0.2) is 0 Å². The molecule has 1 aromatic carbocycles. The SMILES string of the molecule is CCNC(=NCC1(C(=O)N(C)C)CCCC1)NCCNc1ccc([N+](=O)[O-])cc1.I. The topological polar surface area (TPSA) is 112 Å². The number of hydrogen-bond donors (Lipinski definition) is 3. The van der Waals surface area contributed by atoms with Crippen molar-refractivity contribution in [3.63, 3.8) is 0 Å². The Morgan fingerprint density at radius 1 is 1.17 bits per heavy atom. The Hall–Kier alpha value is -2.11. The Morgan fingerprint density at radius 3 is 2.33 bits per heavy atom. The summed E-state index contributed by atoms with van der Waals surface area (Å²) in [6, 6.07) is 6.33. The molecule has 3 N–H and O–H groups in total. The molecule has 0 radical (unpaired) electrons. The van der Waals surface area contributed by atoms with Crippen LogP contribution in [0.25, 0.3) is 0 Å². The van der Waals surface area contributed by atoms with Gasteiger partial charge in [0.15, 0.2) is 5.96 Å². The maximum atomic E-state index is 12.7. The highest BCUT2D eigenvalue weighted by atomic mass is 127. The third-order valence-corrected chi connectivity index (χ3v) is 5.13. The van der Waals surface area contributed by atoms with Crippen LogP contribution in [0.4, 0.5) is 11.4 Å². The molecule has 1 aliphatic rings. The van der Waals surface area contributed by atoms with E-state index in [1.165, 1.54) is 12.1 Å². The number of benzene rings is 1. The lowest BCUT2D eigenvalue weighted by atomic mass is 9.85. The fourth-order valence-corrected chi connectivity index (χ4v) is 3.63. The summed E-state index contributed by atoms with van der Waals surface area (Å²) in [6.45, 7) is 4.47. The molecule has 1 saturated carbocycles. The number of non-ortho nitro benzene ring substituents is 1. The van der Waals surface area contributed by atoms with Crippen LogP contribution in [0.2, 0.25) is 0 Å². The van der Waals surface area contributed by atoms with Gasteiger partial charge in [0, 0.05) is 51.5 Å². The van der Waals surface area contributed by atoms with Crippen molar-refractivity contribution in [3.8, 4) is 0 Å². The molecule has 1 amide bonds. The van der Waals surface area contributed by atoms with Crippen molar-refractivity contribution in [3.05, 3.63) is 34.4 Å². The Balaban J connectivity index is 0.00000450. The molecule has 0 saturated heterocycles. The summed E-state index contributed by atoms with van der Waals surface area (Å²) < 4.78 is 0. The molecule has 9 nitrogen and oxygen atoms in total. The number of nitro benzene ring substituents is 1. The summed E-state index contributed by atoms with van der Waals surface area (Å²) in [5, 5.41) is 20.4. The zero-order valence-corrected chi connectivity index (χ0v) is 20.3. The van der Waals surface area contributed by atoms with Crippen LogP contribution in [0.5, 0.6) is 0 Å². The van der Waals surface area contributed by atoms with Gasteiger partial charge >= 0.3 is 0 Å². The van der Waals surface area contributed by atoms with Crippen molar-refractivity contribution in [1.82, 2.24) is 15.5 Å². The average molecular weight is 532 g/mol. The van der Waals surface area contributed by atoms with Crippen molar-refractivity contribution in [1.29, 1.82) is 0 Å². The van der Waals surface area contributed by atoms with Gasteiger partial charge in [0.25, 0.3) is 5.69 Å². The number of guanidine groups is 1. The summed E-state index contributed by atoms with van der Waals surface area (Å²) in [5.74, 6) is 0.852. The smallest absolute Gasteiger partial charge is 0.269 e. The van der Waals surface area contributed by atoms with Gasteiger partial charge in [0.2, 0.25) is 5.91 Å². The standard InChI is InChI=1S/C20H32N6O3.HI/c1-4-21-19(24-15-20(11-5-6-12-20)18(27)25(2)3)23-14-13-22-16-7-9-17(10-8-16)26(28)29;/h7-10,22H,4-6,11-15H2,1-3H3,(H2,21,23,24);1H. The van der Waals surface area contributed by atoms with E-state index in [1.807, 2.05) is 6.92 Å². The third kappa shape index (κ3) is 7.29. The first-order valence-electron chi connectivity index (χ1n) is 10.1. The number of nitrogens with one attached hydrogen (secondary N) is 3. The number of hydrogen-bond acceptors (Lipinski definition) is 5. The Morgan fingerprint density at radius 2 is 1.80 bits per heavy atom. The number of anilines is 1. The van der Waals surface area contributed by atoms with Crippen molar-refractivity contribution >= 4 is 47.2 Å². The number of amides is 1. The molecule has 0 heterocycles. The Labute approximate surface area is 195 Å². The molecule has 1 fully saturated rings. The molecule has 0 aliphatic heterocycles. The van der Waals surface area contributed by atoms with E-state index in [0.29, 0.717) is 25.6 Å². The number of carbonyl (C=O) groups is 1. The van der Waals surface area contributed by atoms with E-state index < -0.39 is 4.92 Å². The number of halogens is 1. The van der Waals surface area contributed by atoms with Gasteiger partial charge in [-0.1, -0.05) is 12.8 Å². The molecule has 1 aromatic rings. The molecule has 0 spiro atoms. The molecule has 2 rings (SSSR count). The highest BCUT2D eigenvalue weighted by molar-refractivity contribution is 14.0. The molecule has 0 atom stereocenters. The van der Waals surface area contributed by atoms with E-state index >= 15 is 0 Å². The van der Waals surface area contributed by atoms with E-state index in [2.05, 4.69) is 16.0 Å². The van der Waals surface area contributed by atoms with Crippen LogP contribution in [0.3, 0.4) is 0 Å². The molecule has 0 bridgehead atoms. The van der Waals surface area contributed by atoms with E-state index in [9.17, 15) is 14.9 Å². The predicted octanol–water partition coefficient (Wildman–Crippen LogP) is 2.83. The predicted molar refractivity (Wildman–Crippen MR) is 131 cm³/mol. The lowest BCUT2D eigenvalue weighted by Gasteiger charge is -2.29. The largest absolute Gasteiger partial charge is 0.383 e. The molecular formula is C20H33IN6O3. The molecule has 0 unspecified atom stereocenters. The van der Waals surface area contributed by atoms with Gasteiger partial charge in [-0.2, -0.15) is 0 Å². The Kier molecular flexibility index (Phi) is 10.8. The molecule has 10 heteroatoms. The lowest BCUT2D eigenvalue weighted by Crippen LogP contribution is -2.43. The van der Waals surface area contributed by atoms with E-state index in [-0.39, 0.29) is 41.0 Å². The first kappa shape index (κ1) is 25.9. The molecule has 168 valence electrons. The highest BCUT2D eigenvalue weighted by Gasteiger charge is 2.42. The quantitative estimate of drug-likeness (QED) is 0.113. The van der Waals surface area contributed by atoms with Gasteiger partial charge in [-0.15, -0.1) is 24.0 Å².